The lowest BCUT2D eigenvalue weighted by Gasteiger charge is -2.33. The minimum Gasteiger partial charge on any atom is -0.491 e. The standard InChI is InChI=1S/C24H30N4O3S2/c1-17(2)31-22-7-6-20(33(4,29)30)13-19(22)14-24-26-21(16-32-24)18-5-8-23(25-15-18)28-11-9-27(3)10-12-28/h5-8,13,15-17H,9-12,14H2,1-4H3. The smallest absolute Gasteiger partial charge is 0.175 e. The van der Waals surface area contributed by atoms with E-state index in [1.54, 1.807) is 29.5 Å². The van der Waals surface area contributed by atoms with E-state index in [1.165, 1.54) is 6.26 Å². The summed E-state index contributed by atoms with van der Waals surface area (Å²) in [5, 5.41) is 2.91. The van der Waals surface area contributed by atoms with Crippen molar-refractivity contribution in [3.05, 3.63) is 52.5 Å². The minimum absolute atomic E-state index is 0.00965. The Labute approximate surface area is 200 Å². The molecule has 1 aliphatic rings. The third-order valence-electron chi connectivity index (χ3n) is 5.59. The van der Waals surface area contributed by atoms with Gasteiger partial charge in [0.2, 0.25) is 0 Å². The number of aromatic nitrogens is 2. The fourth-order valence-corrected chi connectivity index (χ4v) is 5.24. The van der Waals surface area contributed by atoms with E-state index in [0.29, 0.717) is 12.2 Å². The predicted molar refractivity (Wildman–Crippen MR) is 133 cm³/mol. The van der Waals surface area contributed by atoms with Gasteiger partial charge in [-0.2, -0.15) is 0 Å². The Morgan fingerprint density at radius 1 is 1.12 bits per heavy atom. The number of nitrogens with zero attached hydrogens (tertiary/aromatic N) is 4. The molecule has 7 nitrogen and oxygen atoms in total. The van der Waals surface area contributed by atoms with Gasteiger partial charge in [-0.3, -0.25) is 0 Å². The molecule has 3 heterocycles. The number of piperazine rings is 1. The number of benzene rings is 1. The molecular formula is C24H30N4O3S2. The quantitative estimate of drug-likeness (QED) is 0.504. The highest BCUT2D eigenvalue weighted by Crippen LogP contribution is 2.29. The topological polar surface area (TPSA) is 75.6 Å². The van der Waals surface area contributed by atoms with Crippen molar-refractivity contribution in [3.8, 4) is 17.0 Å². The van der Waals surface area contributed by atoms with Gasteiger partial charge >= 0.3 is 0 Å². The summed E-state index contributed by atoms with van der Waals surface area (Å²) in [6, 6.07) is 9.15. The normalized spacial score (nSPS) is 15.2. The van der Waals surface area contributed by atoms with Gasteiger partial charge in [-0.25, -0.2) is 18.4 Å². The van der Waals surface area contributed by atoms with Crippen molar-refractivity contribution in [2.24, 2.45) is 0 Å². The number of pyridine rings is 1. The number of anilines is 1. The van der Waals surface area contributed by atoms with Crippen LogP contribution in [0.4, 0.5) is 5.82 Å². The van der Waals surface area contributed by atoms with Crippen LogP contribution in [-0.4, -0.2) is 68.9 Å². The Kier molecular flexibility index (Phi) is 7.02. The van der Waals surface area contributed by atoms with E-state index in [1.807, 2.05) is 25.4 Å². The van der Waals surface area contributed by atoms with Crippen LogP contribution < -0.4 is 9.64 Å². The molecule has 3 aromatic rings. The van der Waals surface area contributed by atoms with E-state index in [4.69, 9.17) is 9.72 Å². The Morgan fingerprint density at radius 2 is 1.88 bits per heavy atom. The number of rotatable bonds is 7. The molecule has 0 amide bonds. The number of likely N-dealkylation sites (N-methyl/N-ethyl adjacent to an activating group) is 1. The molecule has 0 radical (unpaired) electrons. The molecule has 0 saturated carbocycles. The number of ether oxygens (including phenoxy) is 1. The van der Waals surface area contributed by atoms with E-state index in [0.717, 1.165) is 53.8 Å². The Hall–Kier alpha value is -2.49. The summed E-state index contributed by atoms with van der Waals surface area (Å²) in [5.41, 5.74) is 2.66. The van der Waals surface area contributed by atoms with Crippen LogP contribution in [0.5, 0.6) is 5.75 Å². The average molecular weight is 487 g/mol. The highest BCUT2D eigenvalue weighted by atomic mass is 32.2. The number of sulfone groups is 1. The zero-order valence-corrected chi connectivity index (χ0v) is 21.1. The Bertz CT molecular complexity index is 1200. The summed E-state index contributed by atoms with van der Waals surface area (Å²) < 4.78 is 30.0. The molecule has 33 heavy (non-hydrogen) atoms. The molecule has 176 valence electrons. The maximum absolute atomic E-state index is 12.1. The summed E-state index contributed by atoms with van der Waals surface area (Å²) in [7, 11) is -1.16. The molecular weight excluding hydrogens is 456 g/mol. The maximum Gasteiger partial charge on any atom is 0.175 e. The van der Waals surface area contributed by atoms with Gasteiger partial charge in [0.25, 0.3) is 0 Å². The zero-order valence-electron chi connectivity index (χ0n) is 19.5. The number of hydrogen-bond acceptors (Lipinski definition) is 8. The van der Waals surface area contributed by atoms with Crippen LogP contribution in [-0.2, 0) is 16.3 Å². The first-order valence-corrected chi connectivity index (χ1v) is 13.8. The molecule has 0 atom stereocenters. The molecule has 0 unspecified atom stereocenters. The molecule has 0 spiro atoms. The molecule has 1 fully saturated rings. The lowest BCUT2D eigenvalue weighted by molar-refractivity contribution is 0.240. The van der Waals surface area contributed by atoms with Gasteiger partial charge < -0.3 is 14.5 Å². The maximum atomic E-state index is 12.1. The van der Waals surface area contributed by atoms with Crippen molar-refractivity contribution < 1.29 is 13.2 Å². The zero-order chi connectivity index (χ0) is 23.6. The second kappa shape index (κ2) is 9.79. The van der Waals surface area contributed by atoms with Crippen LogP contribution >= 0.6 is 11.3 Å². The van der Waals surface area contributed by atoms with Crippen molar-refractivity contribution in [2.45, 2.75) is 31.3 Å². The first-order chi connectivity index (χ1) is 15.7. The number of hydrogen-bond donors (Lipinski definition) is 0. The molecule has 9 heteroatoms. The van der Waals surface area contributed by atoms with Crippen molar-refractivity contribution in [1.82, 2.24) is 14.9 Å². The number of thiazole rings is 1. The lowest BCUT2D eigenvalue weighted by atomic mass is 10.1. The fraction of sp³-hybridized carbons (Fsp3) is 0.417. The van der Waals surface area contributed by atoms with Crippen molar-refractivity contribution in [1.29, 1.82) is 0 Å². The average Bonchev–Trinajstić information content (AvgIpc) is 3.23. The highest BCUT2D eigenvalue weighted by molar-refractivity contribution is 7.90. The van der Waals surface area contributed by atoms with E-state index in [2.05, 4.69) is 34.0 Å². The summed E-state index contributed by atoms with van der Waals surface area (Å²) in [5.74, 6) is 1.68. The van der Waals surface area contributed by atoms with Crippen molar-refractivity contribution in [3.63, 3.8) is 0 Å². The van der Waals surface area contributed by atoms with Crippen LogP contribution in [0.2, 0.25) is 0 Å². The molecule has 1 saturated heterocycles. The van der Waals surface area contributed by atoms with E-state index in [9.17, 15) is 8.42 Å². The first-order valence-electron chi connectivity index (χ1n) is 11.0. The third-order valence-corrected chi connectivity index (χ3v) is 7.55. The van der Waals surface area contributed by atoms with E-state index < -0.39 is 9.84 Å². The molecule has 2 aromatic heterocycles. The minimum atomic E-state index is -3.30. The first kappa shape index (κ1) is 23.7. The van der Waals surface area contributed by atoms with Crippen molar-refractivity contribution >= 4 is 27.0 Å². The molecule has 0 N–H and O–H groups in total. The molecule has 0 aliphatic carbocycles. The molecule has 1 aromatic carbocycles. The third kappa shape index (κ3) is 5.90. The molecule has 4 rings (SSSR count). The SMILES string of the molecule is CC(C)Oc1ccc(S(C)(=O)=O)cc1Cc1nc(-c2ccc(N3CCN(C)CC3)nc2)cs1. The predicted octanol–water partition coefficient (Wildman–Crippen LogP) is 3.74. The van der Waals surface area contributed by atoms with Gasteiger partial charge in [0, 0.05) is 61.6 Å². The van der Waals surface area contributed by atoms with Gasteiger partial charge in [0.05, 0.1) is 21.7 Å². The Balaban J connectivity index is 1.53. The molecule has 0 bridgehead atoms. The van der Waals surface area contributed by atoms with Crippen LogP contribution in [0.15, 0.2) is 46.8 Å². The van der Waals surface area contributed by atoms with Crippen LogP contribution in [0, 0.1) is 0 Å². The fourth-order valence-electron chi connectivity index (χ4n) is 3.74. The van der Waals surface area contributed by atoms with Crippen molar-refractivity contribution in [2.75, 3.05) is 44.4 Å². The van der Waals surface area contributed by atoms with Crippen LogP contribution in [0.1, 0.15) is 24.4 Å². The summed E-state index contributed by atoms with van der Waals surface area (Å²) in [4.78, 5) is 14.4. The lowest BCUT2D eigenvalue weighted by Crippen LogP contribution is -2.44. The van der Waals surface area contributed by atoms with E-state index >= 15 is 0 Å². The Morgan fingerprint density at radius 3 is 2.52 bits per heavy atom. The van der Waals surface area contributed by atoms with Crippen LogP contribution in [0.3, 0.4) is 0 Å². The van der Waals surface area contributed by atoms with E-state index in [-0.39, 0.29) is 11.0 Å². The van der Waals surface area contributed by atoms with Gasteiger partial charge in [0.1, 0.15) is 11.6 Å². The van der Waals surface area contributed by atoms with Gasteiger partial charge in [-0.15, -0.1) is 11.3 Å². The van der Waals surface area contributed by atoms with Gasteiger partial charge in [0.15, 0.2) is 9.84 Å². The summed E-state index contributed by atoms with van der Waals surface area (Å²) >= 11 is 1.55. The highest BCUT2D eigenvalue weighted by Gasteiger charge is 2.17. The second-order valence-electron chi connectivity index (χ2n) is 8.71. The molecule has 1 aliphatic heterocycles. The largest absolute Gasteiger partial charge is 0.491 e. The second-order valence-corrected chi connectivity index (χ2v) is 11.7. The van der Waals surface area contributed by atoms with Gasteiger partial charge in [-0.1, -0.05) is 0 Å². The van der Waals surface area contributed by atoms with Gasteiger partial charge in [-0.05, 0) is 51.2 Å². The monoisotopic (exact) mass is 486 g/mol. The van der Waals surface area contributed by atoms with Crippen LogP contribution in [0.25, 0.3) is 11.3 Å². The summed E-state index contributed by atoms with van der Waals surface area (Å²) in [6.07, 6.45) is 3.59. The summed E-state index contributed by atoms with van der Waals surface area (Å²) in [6.45, 7) is 7.96.